The molecule has 0 spiro atoms. The van der Waals surface area contributed by atoms with Crippen molar-refractivity contribution in [3.8, 4) is 5.75 Å². The zero-order valence-electron chi connectivity index (χ0n) is 13.7. The van der Waals surface area contributed by atoms with Gasteiger partial charge in [-0.2, -0.15) is 0 Å². The maximum atomic E-state index is 6.01. The van der Waals surface area contributed by atoms with E-state index in [1.54, 1.807) is 0 Å². The third kappa shape index (κ3) is 7.99. The molecule has 0 aliphatic rings. The minimum Gasteiger partial charge on any atom is -0.491 e. The van der Waals surface area contributed by atoms with E-state index in [4.69, 9.17) is 4.74 Å². The van der Waals surface area contributed by atoms with E-state index in [0.29, 0.717) is 0 Å². The molecule has 0 saturated carbocycles. The van der Waals surface area contributed by atoms with Crippen LogP contribution in [0, 0.1) is 7.14 Å². The van der Waals surface area contributed by atoms with Crippen LogP contribution >= 0.6 is 45.2 Å². The minimum atomic E-state index is 0.790. The number of hydrogen-bond acceptors (Lipinski definition) is 2. The lowest BCUT2D eigenvalue weighted by atomic mass is 10.1. The second-order valence-corrected chi connectivity index (χ2v) is 8.98. The zero-order chi connectivity index (χ0) is 16.0. The molecule has 0 heterocycles. The Morgan fingerprint density at radius 1 is 1.10 bits per heavy atom. The van der Waals surface area contributed by atoms with Crippen molar-refractivity contribution in [3.63, 3.8) is 0 Å². The Labute approximate surface area is 156 Å². The number of quaternary nitrogens is 1. The normalized spacial score (nSPS) is 12.0. The van der Waals surface area contributed by atoms with Gasteiger partial charge in [0.25, 0.3) is 0 Å². The Balaban J connectivity index is 2.59. The van der Waals surface area contributed by atoms with Crippen LogP contribution in [0.2, 0.25) is 0 Å². The van der Waals surface area contributed by atoms with Crippen molar-refractivity contribution in [1.82, 2.24) is 4.90 Å². The summed E-state index contributed by atoms with van der Waals surface area (Å²) in [5, 5.41) is 0. The van der Waals surface area contributed by atoms with E-state index in [9.17, 15) is 0 Å². The molecule has 0 aliphatic carbocycles. The topological polar surface area (TPSA) is 12.5 Å². The molecule has 1 aromatic carbocycles. The van der Waals surface area contributed by atoms with Gasteiger partial charge in [0.15, 0.2) is 0 Å². The van der Waals surface area contributed by atoms with E-state index in [-0.39, 0.29) is 0 Å². The standard InChI is InChI=1S/C16H27I2N2O/c1-19(2)8-7-13-11-14(17)16(15(18)12-13)21-10-6-9-20(3,4)5/h11-12H,6-10H2,1-5H3/q+1. The summed E-state index contributed by atoms with van der Waals surface area (Å²) in [5.74, 6) is 1.05. The van der Waals surface area contributed by atoms with Crippen molar-refractivity contribution < 1.29 is 9.22 Å². The molecule has 1 aromatic rings. The number of rotatable bonds is 8. The SMILES string of the molecule is CN(C)CCc1cc(I)c(OCCC[N+](C)(C)C)c(I)c1. The number of benzene rings is 1. The first-order valence-electron chi connectivity index (χ1n) is 7.25. The van der Waals surface area contributed by atoms with Crippen LogP contribution in [-0.4, -0.2) is 64.3 Å². The van der Waals surface area contributed by atoms with E-state index in [2.05, 4.69) is 97.5 Å². The summed E-state index contributed by atoms with van der Waals surface area (Å²) in [6, 6.07) is 4.50. The van der Waals surface area contributed by atoms with Crippen LogP contribution in [0.1, 0.15) is 12.0 Å². The molecule has 21 heavy (non-hydrogen) atoms. The highest BCUT2D eigenvalue weighted by molar-refractivity contribution is 14.1. The first-order valence-corrected chi connectivity index (χ1v) is 9.41. The highest BCUT2D eigenvalue weighted by atomic mass is 127. The van der Waals surface area contributed by atoms with E-state index >= 15 is 0 Å². The van der Waals surface area contributed by atoms with Crippen LogP contribution < -0.4 is 4.74 Å². The lowest BCUT2D eigenvalue weighted by molar-refractivity contribution is -0.870. The Bertz CT molecular complexity index is 433. The van der Waals surface area contributed by atoms with Crippen LogP contribution in [0.25, 0.3) is 0 Å². The molecular formula is C16H27I2N2O+. The molecule has 0 aromatic heterocycles. The number of ether oxygens (including phenoxy) is 1. The fourth-order valence-electron chi connectivity index (χ4n) is 1.96. The molecule has 0 saturated heterocycles. The molecule has 120 valence electrons. The van der Waals surface area contributed by atoms with Gasteiger partial charge in [-0.05, 0) is 83.4 Å². The van der Waals surface area contributed by atoms with Crippen molar-refractivity contribution in [2.45, 2.75) is 12.8 Å². The molecule has 0 fully saturated rings. The molecule has 0 aliphatic heterocycles. The molecule has 3 nitrogen and oxygen atoms in total. The van der Waals surface area contributed by atoms with Gasteiger partial charge in [0.05, 0.1) is 41.4 Å². The summed E-state index contributed by atoms with van der Waals surface area (Å²) in [6.45, 7) is 3.00. The van der Waals surface area contributed by atoms with Gasteiger partial charge in [0.2, 0.25) is 0 Å². The number of likely N-dealkylation sites (N-methyl/N-ethyl adjacent to an activating group) is 1. The average molecular weight is 517 g/mol. The van der Waals surface area contributed by atoms with Crippen LogP contribution in [0.15, 0.2) is 12.1 Å². The summed E-state index contributed by atoms with van der Waals surface area (Å²) in [4.78, 5) is 2.22. The Morgan fingerprint density at radius 3 is 2.14 bits per heavy atom. The van der Waals surface area contributed by atoms with Crippen molar-refractivity contribution in [2.75, 3.05) is 54.9 Å². The lowest BCUT2D eigenvalue weighted by Crippen LogP contribution is -2.36. The monoisotopic (exact) mass is 517 g/mol. The van der Waals surface area contributed by atoms with E-state index in [0.717, 1.165) is 42.8 Å². The number of nitrogens with zero attached hydrogens (tertiary/aromatic N) is 2. The van der Waals surface area contributed by atoms with Crippen LogP contribution in [0.4, 0.5) is 0 Å². The Kier molecular flexibility index (Phi) is 8.23. The summed E-state index contributed by atoms with van der Waals surface area (Å²) < 4.78 is 9.44. The van der Waals surface area contributed by atoms with Crippen molar-refractivity contribution in [1.29, 1.82) is 0 Å². The third-order valence-electron chi connectivity index (χ3n) is 3.13. The maximum absolute atomic E-state index is 6.01. The maximum Gasteiger partial charge on any atom is 0.145 e. The van der Waals surface area contributed by atoms with Gasteiger partial charge in [0, 0.05) is 13.0 Å². The van der Waals surface area contributed by atoms with Gasteiger partial charge in [-0.1, -0.05) is 0 Å². The second kappa shape index (κ2) is 8.88. The van der Waals surface area contributed by atoms with Gasteiger partial charge in [-0.3, -0.25) is 0 Å². The van der Waals surface area contributed by atoms with E-state index in [1.165, 1.54) is 12.7 Å². The molecular weight excluding hydrogens is 490 g/mol. The molecule has 5 heteroatoms. The molecule has 0 radical (unpaired) electrons. The highest BCUT2D eigenvalue weighted by Crippen LogP contribution is 2.29. The fourth-order valence-corrected chi connectivity index (χ4v) is 4.17. The fraction of sp³-hybridized carbons (Fsp3) is 0.625. The van der Waals surface area contributed by atoms with Crippen LogP contribution in [0.3, 0.4) is 0 Å². The largest absolute Gasteiger partial charge is 0.491 e. The van der Waals surface area contributed by atoms with Gasteiger partial charge < -0.3 is 14.1 Å². The Morgan fingerprint density at radius 2 is 1.67 bits per heavy atom. The van der Waals surface area contributed by atoms with E-state index in [1.807, 2.05) is 0 Å². The molecule has 1 rings (SSSR count). The summed E-state index contributed by atoms with van der Waals surface area (Å²) in [6.07, 6.45) is 2.17. The van der Waals surface area contributed by atoms with Crippen molar-refractivity contribution in [2.24, 2.45) is 0 Å². The van der Waals surface area contributed by atoms with Gasteiger partial charge in [-0.15, -0.1) is 0 Å². The van der Waals surface area contributed by atoms with Crippen molar-refractivity contribution in [3.05, 3.63) is 24.8 Å². The molecule has 0 atom stereocenters. The summed E-state index contributed by atoms with van der Waals surface area (Å²) in [5.41, 5.74) is 1.39. The number of hydrogen-bond donors (Lipinski definition) is 0. The predicted octanol–water partition coefficient (Wildman–Crippen LogP) is 3.48. The predicted molar refractivity (Wildman–Crippen MR) is 107 cm³/mol. The van der Waals surface area contributed by atoms with Crippen LogP contribution in [-0.2, 0) is 6.42 Å². The first kappa shape index (κ1) is 19.4. The third-order valence-corrected chi connectivity index (χ3v) is 4.73. The van der Waals surface area contributed by atoms with Gasteiger partial charge in [-0.25, -0.2) is 0 Å². The quantitative estimate of drug-likeness (QED) is 0.298. The van der Waals surface area contributed by atoms with Crippen molar-refractivity contribution >= 4 is 45.2 Å². The molecule has 0 unspecified atom stereocenters. The smallest absolute Gasteiger partial charge is 0.145 e. The highest BCUT2D eigenvalue weighted by Gasteiger charge is 2.11. The van der Waals surface area contributed by atoms with Gasteiger partial charge >= 0.3 is 0 Å². The average Bonchev–Trinajstić information content (AvgIpc) is 2.33. The minimum absolute atomic E-state index is 0.790. The molecule has 0 bridgehead atoms. The van der Waals surface area contributed by atoms with Gasteiger partial charge in [0.1, 0.15) is 5.75 Å². The van der Waals surface area contributed by atoms with E-state index < -0.39 is 0 Å². The lowest BCUT2D eigenvalue weighted by Gasteiger charge is -2.23. The second-order valence-electron chi connectivity index (χ2n) is 6.66. The first-order chi connectivity index (χ1) is 9.69. The summed E-state index contributed by atoms with van der Waals surface area (Å²) >= 11 is 4.78. The summed E-state index contributed by atoms with van der Waals surface area (Å²) in [7, 11) is 10.9. The molecule has 0 N–H and O–H groups in total. The number of halogens is 2. The zero-order valence-corrected chi connectivity index (χ0v) is 18.1. The molecule has 0 amide bonds. The van der Waals surface area contributed by atoms with Crippen LogP contribution in [0.5, 0.6) is 5.75 Å². The Hall–Kier alpha value is 0.400.